The minimum absolute atomic E-state index is 0.358. The molecule has 2 fully saturated rings. The van der Waals surface area contributed by atoms with Crippen molar-refractivity contribution < 1.29 is 18.8 Å². The van der Waals surface area contributed by atoms with Gasteiger partial charge in [-0.2, -0.15) is 0 Å². The van der Waals surface area contributed by atoms with Crippen molar-refractivity contribution >= 4 is 40.0 Å². The maximum atomic E-state index is 14.4. The van der Waals surface area contributed by atoms with Crippen LogP contribution in [0.25, 0.3) is 10.9 Å². The standard InChI is InChI=1S/C28H21FN4O3/c29-16-10-11-21-19(13-16)28(27(36)31-21)24-23(25(34)33(26(24)35)17-6-2-1-3-7-17)22(32-28)12-15-14-30-20-9-5-4-8-18(15)20/h1-11,13-14,22-24,30,32H,12H2,(H,31,36)/t22-,23+,24-,28+/m0/s1. The summed E-state index contributed by atoms with van der Waals surface area (Å²) in [5, 5.41) is 7.20. The number of carbonyl (C=O) groups excluding carboxylic acids is 3. The summed E-state index contributed by atoms with van der Waals surface area (Å²) in [5.41, 5.74) is 1.65. The largest absolute Gasteiger partial charge is 0.361 e. The molecule has 3 N–H and O–H groups in total. The minimum Gasteiger partial charge on any atom is -0.361 e. The number of amides is 3. The van der Waals surface area contributed by atoms with Crippen molar-refractivity contribution in [3.63, 3.8) is 0 Å². The number of rotatable bonds is 3. The highest BCUT2D eigenvalue weighted by molar-refractivity contribution is 6.25. The van der Waals surface area contributed by atoms with Gasteiger partial charge in [0.1, 0.15) is 11.4 Å². The molecule has 3 aliphatic rings. The lowest BCUT2D eigenvalue weighted by Gasteiger charge is -2.29. The van der Waals surface area contributed by atoms with Crippen molar-refractivity contribution in [2.45, 2.75) is 18.0 Å². The first-order valence-corrected chi connectivity index (χ1v) is 11.9. The van der Waals surface area contributed by atoms with E-state index in [2.05, 4.69) is 15.6 Å². The van der Waals surface area contributed by atoms with E-state index in [9.17, 15) is 18.8 Å². The predicted molar refractivity (Wildman–Crippen MR) is 132 cm³/mol. The second-order valence-electron chi connectivity index (χ2n) is 9.62. The number of hydrogen-bond donors (Lipinski definition) is 3. The number of nitrogens with one attached hydrogen (secondary N) is 3. The molecule has 3 aliphatic heterocycles. The zero-order valence-corrected chi connectivity index (χ0v) is 19.0. The van der Waals surface area contributed by atoms with Crippen LogP contribution in [0.15, 0.2) is 79.0 Å². The van der Waals surface area contributed by atoms with Gasteiger partial charge in [0.2, 0.25) is 17.7 Å². The third-order valence-corrected chi connectivity index (χ3v) is 7.81. The lowest BCUT2D eigenvalue weighted by Crippen LogP contribution is -2.53. The van der Waals surface area contributed by atoms with Crippen LogP contribution in [0.4, 0.5) is 15.8 Å². The molecule has 3 aromatic carbocycles. The van der Waals surface area contributed by atoms with Gasteiger partial charge in [0.15, 0.2) is 0 Å². The Morgan fingerprint density at radius 2 is 1.69 bits per heavy atom. The highest BCUT2D eigenvalue weighted by Gasteiger charge is 2.70. The maximum absolute atomic E-state index is 14.4. The second-order valence-corrected chi connectivity index (χ2v) is 9.62. The van der Waals surface area contributed by atoms with Gasteiger partial charge in [-0.05, 0) is 48.4 Å². The highest BCUT2D eigenvalue weighted by Crippen LogP contribution is 2.54. The first kappa shape index (κ1) is 21.0. The van der Waals surface area contributed by atoms with E-state index in [-0.39, 0.29) is 5.91 Å². The van der Waals surface area contributed by atoms with Crippen LogP contribution < -0.4 is 15.5 Å². The number of carbonyl (C=O) groups is 3. The van der Waals surface area contributed by atoms with Crippen molar-refractivity contribution in [1.29, 1.82) is 0 Å². The van der Waals surface area contributed by atoms with E-state index in [0.29, 0.717) is 23.4 Å². The monoisotopic (exact) mass is 480 g/mol. The lowest BCUT2D eigenvalue weighted by molar-refractivity contribution is -0.130. The molecule has 1 aromatic heterocycles. The molecule has 3 amide bonds. The van der Waals surface area contributed by atoms with E-state index >= 15 is 0 Å². The van der Waals surface area contributed by atoms with E-state index in [1.165, 1.54) is 23.1 Å². The van der Waals surface area contributed by atoms with Crippen LogP contribution in [0, 0.1) is 17.7 Å². The van der Waals surface area contributed by atoms with Gasteiger partial charge in [-0.3, -0.25) is 19.7 Å². The summed E-state index contributed by atoms with van der Waals surface area (Å²) < 4.78 is 14.4. The number of halogens is 1. The summed E-state index contributed by atoms with van der Waals surface area (Å²) in [6.45, 7) is 0. The Labute approximate surface area is 205 Å². The molecule has 0 saturated carbocycles. The van der Waals surface area contributed by atoms with Crippen LogP contribution in [0.3, 0.4) is 0 Å². The topological polar surface area (TPSA) is 94.3 Å². The molecule has 0 bridgehead atoms. The Balaban J connectivity index is 1.39. The number of aromatic amines is 1. The minimum atomic E-state index is -1.55. The first-order chi connectivity index (χ1) is 17.5. The number of imide groups is 1. The molecule has 1 spiro atoms. The van der Waals surface area contributed by atoms with Crippen molar-refractivity contribution in [1.82, 2.24) is 10.3 Å². The zero-order valence-electron chi connectivity index (χ0n) is 19.0. The summed E-state index contributed by atoms with van der Waals surface area (Å²) in [5.74, 6) is -3.59. The average molecular weight is 480 g/mol. The van der Waals surface area contributed by atoms with E-state index in [1.54, 1.807) is 24.3 Å². The molecule has 7 nitrogen and oxygen atoms in total. The van der Waals surface area contributed by atoms with Gasteiger partial charge in [-0.1, -0.05) is 36.4 Å². The fraction of sp³-hybridized carbons (Fsp3) is 0.179. The summed E-state index contributed by atoms with van der Waals surface area (Å²) in [4.78, 5) is 45.8. The van der Waals surface area contributed by atoms with E-state index < -0.39 is 41.0 Å². The first-order valence-electron chi connectivity index (χ1n) is 11.9. The van der Waals surface area contributed by atoms with Crippen molar-refractivity contribution in [2.75, 3.05) is 10.2 Å². The summed E-state index contributed by atoms with van der Waals surface area (Å²) in [6, 6.07) is 20.1. The van der Waals surface area contributed by atoms with Crippen molar-refractivity contribution in [2.24, 2.45) is 11.8 Å². The summed E-state index contributed by atoms with van der Waals surface area (Å²) in [7, 11) is 0. The third kappa shape index (κ3) is 2.67. The number of anilines is 2. The van der Waals surface area contributed by atoms with Gasteiger partial charge < -0.3 is 10.3 Å². The van der Waals surface area contributed by atoms with Gasteiger partial charge in [0.25, 0.3) is 0 Å². The smallest absolute Gasteiger partial charge is 0.250 e. The SMILES string of the molecule is O=C1[C@@H]2[C@H](Cc3c[nH]c4ccccc34)N[C@@]3(C(=O)Nc4ccc(F)cc43)[C@@H]2C(=O)N1c1ccccc1. The van der Waals surface area contributed by atoms with E-state index in [4.69, 9.17) is 0 Å². The second kappa shape index (κ2) is 7.35. The van der Waals surface area contributed by atoms with Crippen LogP contribution in [-0.2, 0) is 26.3 Å². The lowest BCUT2D eigenvalue weighted by atomic mass is 9.76. The van der Waals surface area contributed by atoms with Crippen LogP contribution in [0.1, 0.15) is 11.1 Å². The van der Waals surface area contributed by atoms with Gasteiger partial charge in [0.05, 0.1) is 17.5 Å². The van der Waals surface area contributed by atoms with Gasteiger partial charge in [-0.15, -0.1) is 0 Å². The molecule has 36 heavy (non-hydrogen) atoms. The Morgan fingerprint density at radius 3 is 2.53 bits per heavy atom. The molecular formula is C28H21FN4O3. The summed E-state index contributed by atoms with van der Waals surface area (Å²) >= 11 is 0. The molecule has 8 heteroatoms. The van der Waals surface area contributed by atoms with Crippen LogP contribution in [-0.4, -0.2) is 28.7 Å². The van der Waals surface area contributed by atoms with Crippen molar-refractivity contribution in [3.05, 3.63) is 95.9 Å². The fourth-order valence-electron chi connectivity index (χ4n) is 6.32. The number of nitrogens with zero attached hydrogens (tertiary/aromatic N) is 1. The van der Waals surface area contributed by atoms with Gasteiger partial charge >= 0.3 is 0 Å². The van der Waals surface area contributed by atoms with Crippen molar-refractivity contribution in [3.8, 4) is 0 Å². The molecule has 178 valence electrons. The van der Waals surface area contributed by atoms with Crippen LogP contribution in [0.2, 0.25) is 0 Å². The Hall–Kier alpha value is -4.30. The molecule has 4 heterocycles. The molecule has 0 radical (unpaired) electrons. The maximum Gasteiger partial charge on any atom is 0.250 e. The fourth-order valence-corrected chi connectivity index (χ4v) is 6.32. The normalized spacial score (nSPS) is 26.6. The van der Waals surface area contributed by atoms with Crippen LogP contribution in [0.5, 0.6) is 0 Å². The Kier molecular flexibility index (Phi) is 4.29. The Morgan fingerprint density at radius 1 is 0.917 bits per heavy atom. The van der Waals surface area contributed by atoms with Gasteiger partial charge in [0, 0.05) is 34.4 Å². The molecule has 7 rings (SSSR count). The number of aromatic nitrogens is 1. The predicted octanol–water partition coefficient (Wildman–Crippen LogP) is 3.47. The quantitative estimate of drug-likeness (QED) is 0.392. The molecule has 2 saturated heterocycles. The summed E-state index contributed by atoms with van der Waals surface area (Å²) in [6.07, 6.45) is 2.30. The molecule has 0 aliphatic carbocycles. The molecule has 4 atom stereocenters. The number of hydrogen-bond acceptors (Lipinski definition) is 4. The number of fused-ring (bicyclic) bond motifs is 5. The number of H-pyrrole nitrogens is 1. The van der Waals surface area contributed by atoms with Gasteiger partial charge in [-0.25, -0.2) is 9.29 Å². The van der Waals surface area contributed by atoms with E-state index in [0.717, 1.165) is 16.5 Å². The third-order valence-electron chi connectivity index (χ3n) is 7.81. The van der Waals surface area contributed by atoms with E-state index in [1.807, 2.05) is 36.5 Å². The number of benzene rings is 3. The highest BCUT2D eigenvalue weighted by atomic mass is 19.1. The Bertz CT molecular complexity index is 1580. The molecular weight excluding hydrogens is 459 g/mol. The zero-order chi connectivity index (χ0) is 24.6. The molecule has 0 unspecified atom stereocenters. The average Bonchev–Trinajstić information content (AvgIpc) is 3.59. The molecule has 4 aromatic rings. The number of para-hydroxylation sites is 2. The van der Waals surface area contributed by atoms with Crippen LogP contribution >= 0.6 is 0 Å².